The average molecular weight is 159 g/mol. The van der Waals surface area contributed by atoms with E-state index in [-0.39, 0.29) is 12.4 Å². The molecule has 56 valence electrons. The second-order valence-corrected chi connectivity index (χ2v) is 2.21. The Balaban J connectivity index is 0.000000810. The molecule has 0 saturated carbocycles. The summed E-state index contributed by atoms with van der Waals surface area (Å²) in [5.74, 6) is 1.08. The number of nitrogens with one attached hydrogen (secondary N) is 1. The Morgan fingerprint density at radius 2 is 2.00 bits per heavy atom. The van der Waals surface area contributed by atoms with Crippen LogP contribution in [-0.2, 0) is 0 Å². The Morgan fingerprint density at radius 3 is 2.30 bits per heavy atom. The maximum atomic E-state index is 4.14. The molecule has 0 saturated heterocycles. The van der Waals surface area contributed by atoms with Crippen molar-refractivity contribution in [3.05, 3.63) is 24.4 Å². The second-order valence-electron chi connectivity index (χ2n) is 2.21. The first-order chi connectivity index (χ1) is 4.30. The summed E-state index contributed by atoms with van der Waals surface area (Å²) in [6.45, 7) is 0. The Bertz CT molecular complexity index is 174. The van der Waals surface area contributed by atoms with E-state index in [2.05, 4.69) is 19.1 Å². The van der Waals surface area contributed by atoms with Gasteiger partial charge in [-0.05, 0) is 6.07 Å². The lowest BCUT2D eigenvalue weighted by Crippen LogP contribution is -3.00. The molecule has 0 fully saturated rings. The molecule has 1 rings (SSSR count). The predicted octanol–water partition coefficient (Wildman–Crippen LogP) is -3.14. The molecule has 0 bridgehead atoms. The summed E-state index contributed by atoms with van der Waals surface area (Å²) in [5, 5.41) is 0. The Hall–Kier alpha value is -0.600. The summed E-state index contributed by atoms with van der Waals surface area (Å²) >= 11 is 0. The molecule has 1 N–H and O–H groups in total. The molecule has 0 unspecified atom stereocenters. The Kier molecular flexibility index (Phi) is 4.00. The first kappa shape index (κ1) is 9.40. The van der Waals surface area contributed by atoms with Crippen molar-refractivity contribution in [3.63, 3.8) is 0 Å². The first-order valence-corrected chi connectivity index (χ1v) is 3.02. The molecule has 3 heteroatoms. The zero-order valence-electron chi connectivity index (χ0n) is 6.13. The van der Waals surface area contributed by atoms with E-state index < -0.39 is 0 Å². The van der Waals surface area contributed by atoms with E-state index in [0.29, 0.717) is 0 Å². The van der Waals surface area contributed by atoms with Crippen molar-refractivity contribution < 1.29 is 17.3 Å². The van der Waals surface area contributed by atoms with Gasteiger partial charge in [0.05, 0.1) is 14.1 Å². The van der Waals surface area contributed by atoms with E-state index in [9.17, 15) is 0 Å². The lowest BCUT2D eigenvalue weighted by atomic mass is 10.4. The fourth-order valence-electron chi connectivity index (χ4n) is 0.659. The highest BCUT2D eigenvalue weighted by Gasteiger charge is 1.96. The minimum Gasteiger partial charge on any atom is -1.00 e. The molecule has 10 heavy (non-hydrogen) atoms. The zero-order chi connectivity index (χ0) is 6.69. The topological polar surface area (TPSA) is 17.3 Å². The van der Waals surface area contributed by atoms with Gasteiger partial charge in [-0.15, -0.1) is 0 Å². The number of halogens is 1. The molecule has 0 amide bonds. The van der Waals surface area contributed by atoms with Crippen LogP contribution in [0.1, 0.15) is 0 Å². The van der Waals surface area contributed by atoms with E-state index in [1.807, 2.05) is 24.4 Å². The van der Waals surface area contributed by atoms with E-state index >= 15 is 0 Å². The Morgan fingerprint density at radius 1 is 1.30 bits per heavy atom. The highest BCUT2D eigenvalue weighted by atomic mass is 35.5. The van der Waals surface area contributed by atoms with Crippen molar-refractivity contribution in [2.45, 2.75) is 0 Å². The number of hydrogen-bond donors (Lipinski definition) is 1. The minimum atomic E-state index is 0. The average Bonchev–Trinajstić information content (AvgIpc) is 1.90. The molecule has 0 spiro atoms. The number of nitrogens with zero attached hydrogens (tertiary/aromatic N) is 1. The lowest BCUT2D eigenvalue weighted by molar-refractivity contribution is -0.789. The summed E-state index contributed by atoms with van der Waals surface area (Å²) in [5.41, 5.74) is 0. The number of quaternary nitrogens is 1. The zero-order valence-corrected chi connectivity index (χ0v) is 6.89. The second kappa shape index (κ2) is 4.25. The van der Waals surface area contributed by atoms with Crippen molar-refractivity contribution in [3.8, 4) is 0 Å². The highest BCUT2D eigenvalue weighted by Crippen LogP contribution is 1.89. The van der Waals surface area contributed by atoms with Crippen molar-refractivity contribution in [2.75, 3.05) is 14.1 Å². The molecule has 1 heterocycles. The van der Waals surface area contributed by atoms with E-state index in [0.717, 1.165) is 5.82 Å². The molecular formula is C7H11ClN2. The fourth-order valence-corrected chi connectivity index (χ4v) is 0.659. The largest absolute Gasteiger partial charge is 1.00 e. The van der Waals surface area contributed by atoms with Crippen molar-refractivity contribution in [2.24, 2.45) is 0 Å². The van der Waals surface area contributed by atoms with Crippen LogP contribution in [0, 0.1) is 0 Å². The first-order valence-electron chi connectivity index (χ1n) is 3.02. The third-order valence-electron chi connectivity index (χ3n) is 1.18. The van der Waals surface area contributed by atoms with Gasteiger partial charge < -0.3 is 12.4 Å². The quantitative estimate of drug-likeness (QED) is 0.458. The van der Waals surface area contributed by atoms with Gasteiger partial charge in [0.25, 0.3) is 0 Å². The molecule has 0 aromatic carbocycles. The third-order valence-corrected chi connectivity index (χ3v) is 1.18. The van der Waals surface area contributed by atoms with Gasteiger partial charge in [-0.25, -0.2) is 4.98 Å². The smallest absolute Gasteiger partial charge is 0.225 e. The fraction of sp³-hybridized carbons (Fsp3) is 0.286. The van der Waals surface area contributed by atoms with Crippen molar-refractivity contribution in [1.29, 1.82) is 0 Å². The highest BCUT2D eigenvalue weighted by molar-refractivity contribution is 5.15. The van der Waals surface area contributed by atoms with Crippen LogP contribution >= 0.6 is 0 Å². The van der Waals surface area contributed by atoms with Crippen LogP contribution in [0.5, 0.6) is 0 Å². The van der Waals surface area contributed by atoms with Gasteiger partial charge in [-0.2, -0.15) is 0 Å². The van der Waals surface area contributed by atoms with E-state index in [1.165, 1.54) is 4.90 Å². The standard InChI is InChI=1S/C7H10N2.ClH/c1-9(2)7-5-3-4-6-8-7;/h3-6H,1-2H3;1H. The molecular weight excluding hydrogens is 148 g/mol. The number of aromatic nitrogens is 1. The van der Waals surface area contributed by atoms with Gasteiger partial charge in [-0.3, -0.25) is 4.90 Å². The molecule has 1 aromatic rings. The summed E-state index contributed by atoms with van der Waals surface area (Å²) < 4.78 is 0. The summed E-state index contributed by atoms with van der Waals surface area (Å²) in [4.78, 5) is 5.40. The van der Waals surface area contributed by atoms with Crippen molar-refractivity contribution in [1.82, 2.24) is 4.98 Å². The van der Waals surface area contributed by atoms with Gasteiger partial charge >= 0.3 is 0 Å². The molecule has 0 radical (unpaired) electrons. The lowest BCUT2D eigenvalue weighted by Gasteiger charge is -2.02. The SMILES string of the molecule is C[NH+](C)c1ccccn1.[Cl-]. The summed E-state index contributed by atoms with van der Waals surface area (Å²) in [7, 11) is 4.12. The van der Waals surface area contributed by atoms with Gasteiger partial charge in [0.2, 0.25) is 5.82 Å². The van der Waals surface area contributed by atoms with E-state index in [1.54, 1.807) is 0 Å². The van der Waals surface area contributed by atoms with Crippen LogP contribution in [-0.4, -0.2) is 19.1 Å². The van der Waals surface area contributed by atoms with Gasteiger partial charge in [-0.1, -0.05) is 6.07 Å². The normalized spacial score (nSPS) is 9.10. The number of pyridine rings is 1. The van der Waals surface area contributed by atoms with Gasteiger partial charge in [0, 0.05) is 12.3 Å². The predicted molar refractivity (Wildman–Crippen MR) is 36.7 cm³/mol. The van der Waals surface area contributed by atoms with Gasteiger partial charge in [0.1, 0.15) is 0 Å². The number of rotatable bonds is 1. The van der Waals surface area contributed by atoms with Gasteiger partial charge in [0.15, 0.2) is 0 Å². The molecule has 0 atom stereocenters. The van der Waals surface area contributed by atoms with Crippen LogP contribution in [0.4, 0.5) is 5.82 Å². The Labute approximate surface area is 67.3 Å². The molecule has 1 aromatic heterocycles. The summed E-state index contributed by atoms with van der Waals surface area (Å²) in [6.07, 6.45) is 1.81. The number of hydrogen-bond acceptors (Lipinski definition) is 1. The van der Waals surface area contributed by atoms with Crippen LogP contribution in [0.15, 0.2) is 24.4 Å². The van der Waals surface area contributed by atoms with Crippen LogP contribution in [0.25, 0.3) is 0 Å². The summed E-state index contributed by atoms with van der Waals surface area (Å²) in [6, 6.07) is 5.93. The monoisotopic (exact) mass is 158 g/mol. The van der Waals surface area contributed by atoms with Crippen LogP contribution in [0.3, 0.4) is 0 Å². The van der Waals surface area contributed by atoms with Crippen LogP contribution in [0.2, 0.25) is 0 Å². The maximum absolute atomic E-state index is 4.14. The van der Waals surface area contributed by atoms with Crippen LogP contribution < -0.4 is 17.3 Å². The molecule has 0 aliphatic heterocycles. The minimum absolute atomic E-state index is 0. The molecule has 0 aliphatic carbocycles. The molecule has 2 nitrogen and oxygen atoms in total. The third kappa shape index (κ3) is 2.33. The maximum Gasteiger partial charge on any atom is 0.225 e. The van der Waals surface area contributed by atoms with E-state index in [4.69, 9.17) is 0 Å². The van der Waals surface area contributed by atoms with Crippen molar-refractivity contribution >= 4 is 5.82 Å². The molecule has 0 aliphatic rings.